The van der Waals surface area contributed by atoms with Gasteiger partial charge in [0.05, 0.1) is 12.2 Å². The van der Waals surface area contributed by atoms with Crippen molar-refractivity contribution in [2.24, 2.45) is 5.73 Å². The molecule has 2 atom stereocenters. The number of nitrogens with two attached hydrogens (primary N) is 1. The Kier molecular flexibility index (Phi) is 7.76. The van der Waals surface area contributed by atoms with E-state index in [1.807, 2.05) is 0 Å². The van der Waals surface area contributed by atoms with Crippen molar-refractivity contribution in [1.29, 1.82) is 0 Å². The van der Waals surface area contributed by atoms with Gasteiger partial charge in [-0.2, -0.15) is 0 Å². The van der Waals surface area contributed by atoms with E-state index in [2.05, 4.69) is 45.0 Å². The van der Waals surface area contributed by atoms with Crippen LogP contribution >= 0.6 is 0 Å². The summed E-state index contributed by atoms with van der Waals surface area (Å²) < 4.78 is 6.08. The van der Waals surface area contributed by atoms with Crippen molar-refractivity contribution in [1.82, 2.24) is 0 Å². The highest BCUT2D eigenvalue weighted by molar-refractivity contribution is 5.23. The quantitative estimate of drug-likeness (QED) is 0.671. The van der Waals surface area contributed by atoms with Gasteiger partial charge in [0, 0.05) is 6.54 Å². The third-order valence-electron chi connectivity index (χ3n) is 3.52. The third-order valence-corrected chi connectivity index (χ3v) is 3.52. The lowest BCUT2D eigenvalue weighted by molar-refractivity contribution is -0.00374. The lowest BCUT2D eigenvalue weighted by Gasteiger charge is -2.22. The third kappa shape index (κ3) is 6.22. The summed E-state index contributed by atoms with van der Waals surface area (Å²) >= 11 is 0. The van der Waals surface area contributed by atoms with Crippen LogP contribution in [0.25, 0.3) is 0 Å². The van der Waals surface area contributed by atoms with Crippen LogP contribution in [0.15, 0.2) is 24.3 Å². The molecule has 0 saturated heterocycles. The van der Waals surface area contributed by atoms with Crippen LogP contribution in [-0.2, 0) is 4.74 Å². The maximum atomic E-state index is 6.08. The lowest BCUT2D eigenvalue weighted by Crippen LogP contribution is -2.21. The highest BCUT2D eigenvalue weighted by Gasteiger charge is 2.13. The van der Waals surface area contributed by atoms with Gasteiger partial charge in [0.25, 0.3) is 0 Å². The maximum Gasteiger partial charge on any atom is 0.0950 e. The van der Waals surface area contributed by atoms with Crippen LogP contribution in [0.4, 0.5) is 0 Å². The SMILES string of the molecule is CCCCCCC(C)OC(CN)c1ccc(C)cc1. The van der Waals surface area contributed by atoms with Crippen LogP contribution in [0.2, 0.25) is 0 Å². The zero-order chi connectivity index (χ0) is 14.1. The zero-order valence-corrected chi connectivity index (χ0v) is 12.7. The van der Waals surface area contributed by atoms with Crippen LogP contribution in [0, 0.1) is 6.92 Å². The molecule has 2 heteroatoms. The molecule has 0 aliphatic carbocycles. The van der Waals surface area contributed by atoms with Crippen LogP contribution in [0.3, 0.4) is 0 Å². The molecule has 0 aliphatic rings. The van der Waals surface area contributed by atoms with Crippen molar-refractivity contribution < 1.29 is 4.74 Å². The first kappa shape index (κ1) is 16.2. The van der Waals surface area contributed by atoms with Crippen molar-refractivity contribution in [3.8, 4) is 0 Å². The van der Waals surface area contributed by atoms with Gasteiger partial charge in [-0.15, -0.1) is 0 Å². The molecule has 0 heterocycles. The number of rotatable bonds is 9. The highest BCUT2D eigenvalue weighted by Crippen LogP contribution is 2.20. The van der Waals surface area contributed by atoms with E-state index in [4.69, 9.17) is 10.5 Å². The standard InChI is InChI=1S/C17H29NO/c1-4-5-6-7-8-15(3)19-17(13-18)16-11-9-14(2)10-12-16/h9-12,15,17H,4-8,13,18H2,1-3H3. The van der Waals surface area contributed by atoms with Crippen LogP contribution in [0.5, 0.6) is 0 Å². The van der Waals surface area contributed by atoms with Crippen LogP contribution in [0.1, 0.15) is 63.2 Å². The van der Waals surface area contributed by atoms with Gasteiger partial charge in [0.2, 0.25) is 0 Å². The average molecular weight is 263 g/mol. The molecule has 0 aliphatic heterocycles. The number of hydrogen-bond acceptors (Lipinski definition) is 2. The van der Waals surface area contributed by atoms with E-state index in [0.717, 1.165) is 6.42 Å². The van der Waals surface area contributed by atoms with Gasteiger partial charge >= 0.3 is 0 Å². The first-order valence-electron chi connectivity index (χ1n) is 7.59. The molecule has 1 aromatic carbocycles. The smallest absolute Gasteiger partial charge is 0.0950 e. The van der Waals surface area contributed by atoms with Gasteiger partial charge in [-0.05, 0) is 25.8 Å². The van der Waals surface area contributed by atoms with Gasteiger partial charge in [-0.25, -0.2) is 0 Å². The fraction of sp³-hybridized carbons (Fsp3) is 0.647. The fourth-order valence-electron chi connectivity index (χ4n) is 2.26. The Hall–Kier alpha value is -0.860. The summed E-state index contributed by atoms with van der Waals surface area (Å²) in [6.45, 7) is 7.03. The summed E-state index contributed by atoms with van der Waals surface area (Å²) in [5.41, 5.74) is 8.30. The number of hydrogen-bond donors (Lipinski definition) is 1. The first-order chi connectivity index (χ1) is 9.17. The molecular formula is C17H29NO. The second-order valence-corrected chi connectivity index (χ2v) is 5.43. The van der Waals surface area contributed by atoms with Crippen molar-refractivity contribution in [2.75, 3.05) is 6.54 Å². The van der Waals surface area contributed by atoms with Gasteiger partial charge in [0.15, 0.2) is 0 Å². The minimum atomic E-state index is 0.0294. The molecule has 0 fully saturated rings. The number of benzene rings is 1. The monoisotopic (exact) mass is 263 g/mol. The Morgan fingerprint density at radius 3 is 2.37 bits per heavy atom. The highest BCUT2D eigenvalue weighted by atomic mass is 16.5. The normalized spacial score (nSPS) is 14.3. The Labute approximate surface area is 118 Å². The molecule has 0 aromatic heterocycles. The minimum absolute atomic E-state index is 0.0294. The fourth-order valence-corrected chi connectivity index (χ4v) is 2.26. The van der Waals surface area contributed by atoms with E-state index in [1.165, 1.54) is 36.8 Å². The topological polar surface area (TPSA) is 35.2 Å². The summed E-state index contributed by atoms with van der Waals surface area (Å²) in [5.74, 6) is 0. The predicted molar refractivity (Wildman–Crippen MR) is 82.3 cm³/mol. The molecule has 0 spiro atoms. The number of aryl methyl sites for hydroxylation is 1. The molecule has 0 bridgehead atoms. The van der Waals surface area contributed by atoms with Gasteiger partial charge < -0.3 is 10.5 Å². The van der Waals surface area contributed by atoms with Crippen molar-refractivity contribution in [3.63, 3.8) is 0 Å². The molecule has 19 heavy (non-hydrogen) atoms. The molecule has 0 saturated carbocycles. The zero-order valence-electron chi connectivity index (χ0n) is 12.7. The predicted octanol–water partition coefficient (Wildman–Crippen LogP) is 4.37. The second-order valence-electron chi connectivity index (χ2n) is 5.43. The first-order valence-corrected chi connectivity index (χ1v) is 7.59. The van der Waals surface area contributed by atoms with Gasteiger partial charge in [-0.3, -0.25) is 0 Å². The van der Waals surface area contributed by atoms with Crippen molar-refractivity contribution in [2.45, 2.75) is 65.1 Å². The minimum Gasteiger partial charge on any atom is -0.369 e. The number of unbranched alkanes of at least 4 members (excludes halogenated alkanes) is 3. The van der Waals surface area contributed by atoms with Crippen LogP contribution in [-0.4, -0.2) is 12.6 Å². The van der Waals surface area contributed by atoms with Crippen LogP contribution < -0.4 is 5.73 Å². The molecule has 2 unspecified atom stereocenters. The Balaban J connectivity index is 2.41. The second kappa shape index (κ2) is 9.11. The maximum absolute atomic E-state index is 6.08. The van der Waals surface area contributed by atoms with E-state index in [-0.39, 0.29) is 12.2 Å². The number of ether oxygens (including phenoxy) is 1. The molecule has 2 N–H and O–H groups in total. The Bertz CT molecular complexity index is 334. The summed E-state index contributed by atoms with van der Waals surface area (Å²) in [4.78, 5) is 0. The molecule has 1 rings (SSSR count). The van der Waals surface area contributed by atoms with E-state index >= 15 is 0 Å². The summed E-state index contributed by atoms with van der Waals surface area (Å²) in [6.07, 6.45) is 6.60. The summed E-state index contributed by atoms with van der Waals surface area (Å²) in [7, 11) is 0. The van der Waals surface area contributed by atoms with E-state index in [1.54, 1.807) is 0 Å². The summed E-state index contributed by atoms with van der Waals surface area (Å²) in [5, 5.41) is 0. The van der Waals surface area contributed by atoms with Gasteiger partial charge in [-0.1, -0.05) is 62.4 Å². The average Bonchev–Trinajstić information content (AvgIpc) is 2.42. The Morgan fingerprint density at radius 1 is 1.11 bits per heavy atom. The van der Waals surface area contributed by atoms with E-state index in [0.29, 0.717) is 6.54 Å². The van der Waals surface area contributed by atoms with Crippen molar-refractivity contribution in [3.05, 3.63) is 35.4 Å². The Morgan fingerprint density at radius 2 is 1.79 bits per heavy atom. The molecule has 0 radical (unpaired) electrons. The molecular weight excluding hydrogens is 234 g/mol. The van der Waals surface area contributed by atoms with Gasteiger partial charge in [0.1, 0.15) is 0 Å². The molecule has 1 aromatic rings. The molecule has 108 valence electrons. The summed E-state index contributed by atoms with van der Waals surface area (Å²) in [6, 6.07) is 8.48. The van der Waals surface area contributed by atoms with E-state index in [9.17, 15) is 0 Å². The largest absolute Gasteiger partial charge is 0.369 e. The van der Waals surface area contributed by atoms with E-state index < -0.39 is 0 Å². The van der Waals surface area contributed by atoms with Crippen molar-refractivity contribution >= 4 is 0 Å². The molecule has 0 amide bonds. The molecule has 2 nitrogen and oxygen atoms in total. The lowest BCUT2D eigenvalue weighted by atomic mass is 10.1.